The average Bonchev–Trinajstić information content (AvgIpc) is 3.41. The zero-order valence-corrected chi connectivity index (χ0v) is 20.9. The molecule has 1 unspecified atom stereocenters. The summed E-state index contributed by atoms with van der Waals surface area (Å²) < 4.78 is 21.7. The highest BCUT2D eigenvalue weighted by atomic mass is 79.9. The number of rotatable bonds is 8. The molecule has 170 valence electrons. The van der Waals surface area contributed by atoms with Gasteiger partial charge in [-0.05, 0) is 43.3 Å². The number of carbonyl (C=O) groups excluding carboxylic acids is 1. The van der Waals surface area contributed by atoms with Gasteiger partial charge in [-0.1, -0.05) is 39.8 Å². The van der Waals surface area contributed by atoms with E-state index in [-0.39, 0.29) is 17.5 Å². The molecule has 4 aromatic rings. The number of hydrogen-bond donors (Lipinski definition) is 1. The molecule has 0 saturated heterocycles. The third kappa shape index (κ3) is 5.98. The normalized spacial score (nSPS) is 11.9. The number of thioether (sulfide) groups is 1. The first-order chi connectivity index (χ1) is 15.9. The van der Waals surface area contributed by atoms with Crippen LogP contribution in [0.4, 0.5) is 9.52 Å². The summed E-state index contributed by atoms with van der Waals surface area (Å²) in [5.74, 6) is 0.782. The molecule has 2 aromatic heterocycles. The van der Waals surface area contributed by atoms with Gasteiger partial charge in [-0.2, -0.15) is 0 Å². The quantitative estimate of drug-likeness (QED) is 0.284. The molecule has 0 spiro atoms. The zero-order valence-electron chi connectivity index (χ0n) is 17.7. The van der Waals surface area contributed by atoms with Crippen LogP contribution in [0, 0.1) is 5.82 Å². The van der Waals surface area contributed by atoms with E-state index in [1.807, 2.05) is 43.6 Å². The van der Waals surface area contributed by atoms with Gasteiger partial charge >= 0.3 is 0 Å². The molecule has 0 fully saturated rings. The summed E-state index contributed by atoms with van der Waals surface area (Å²) >= 11 is 6.06. The Hall–Kier alpha value is -2.76. The van der Waals surface area contributed by atoms with Crippen LogP contribution in [-0.2, 0) is 11.8 Å². The molecule has 2 heterocycles. The molecule has 0 aliphatic heterocycles. The lowest BCUT2D eigenvalue weighted by molar-refractivity contribution is -0.113. The van der Waals surface area contributed by atoms with Gasteiger partial charge in [-0.25, -0.2) is 9.37 Å². The SMILES string of the molecule is CC(Oc1ccc(F)cc1)c1nnc(SCC(=O)Nc2nc(-c3ccc(Br)cc3)cs2)n1C. The highest BCUT2D eigenvalue weighted by molar-refractivity contribution is 9.10. The zero-order chi connectivity index (χ0) is 23.4. The Morgan fingerprint density at radius 3 is 2.67 bits per heavy atom. The minimum Gasteiger partial charge on any atom is -0.483 e. The second-order valence-electron chi connectivity index (χ2n) is 7.00. The second kappa shape index (κ2) is 10.4. The van der Waals surface area contributed by atoms with E-state index >= 15 is 0 Å². The minimum absolute atomic E-state index is 0.159. The van der Waals surface area contributed by atoms with Crippen LogP contribution in [0.1, 0.15) is 18.9 Å². The lowest BCUT2D eigenvalue weighted by Crippen LogP contribution is -2.14. The lowest BCUT2D eigenvalue weighted by Gasteiger charge is -2.14. The van der Waals surface area contributed by atoms with Crippen LogP contribution in [0.2, 0.25) is 0 Å². The van der Waals surface area contributed by atoms with Crippen LogP contribution in [0.3, 0.4) is 0 Å². The molecule has 33 heavy (non-hydrogen) atoms. The monoisotopic (exact) mass is 547 g/mol. The standard InChI is InChI=1S/C22H19BrFN5O2S2/c1-13(31-17-9-7-16(24)8-10-17)20-27-28-22(29(20)2)33-12-19(30)26-21-25-18(11-32-21)14-3-5-15(23)6-4-14/h3-11,13H,12H2,1-2H3,(H,25,26,30). The maximum atomic E-state index is 13.1. The molecule has 0 saturated carbocycles. The van der Waals surface area contributed by atoms with E-state index in [1.165, 1.54) is 35.2 Å². The smallest absolute Gasteiger partial charge is 0.236 e. The lowest BCUT2D eigenvalue weighted by atomic mass is 10.2. The van der Waals surface area contributed by atoms with Crippen molar-refractivity contribution in [2.24, 2.45) is 7.05 Å². The number of halogens is 2. The Kier molecular flexibility index (Phi) is 7.41. The third-order valence-electron chi connectivity index (χ3n) is 4.58. The maximum Gasteiger partial charge on any atom is 0.236 e. The fourth-order valence-electron chi connectivity index (χ4n) is 2.95. The number of aromatic nitrogens is 4. The summed E-state index contributed by atoms with van der Waals surface area (Å²) in [5, 5.41) is 14.2. The van der Waals surface area contributed by atoms with E-state index in [2.05, 4.69) is 36.4 Å². The van der Waals surface area contributed by atoms with Crippen LogP contribution in [-0.4, -0.2) is 31.4 Å². The predicted octanol–water partition coefficient (Wildman–Crippen LogP) is 5.71. The molecule has 1 atom stereocenters. The van der Waals surface area contributed by atoms with Crippen molar-refractivity contribution in [3.63, 3.8) is 0 Å². The number of nitrogens with one attached hydrogen (secondary N) is 1. The van der Waals surface area contributed by atoms with Gasteiger partial charge < -0.3 is 14.6 Å². The number of hydrogen-bond acceptors (Lipinski definition) is 7. The van der Waals surface area contributed by atoms with Crippen molar-refractivity contribution < 1.29 is 13.9 Å². The van der Waals surface area contributed by atoms with Crippen LogP contribution in [0.15, 0.2) is 63.5 Å². The van der Waals surface area contributed by atoms with Gasteiger partial charge in [0.25, 0.3) is 0 Å². The van der Waals surface area contributed by atoms with E-state index in [0.29, 0.717) is 21.9 Å². The van der Waals surface area contributed by atoms with Crippen molar-refractivity contribution in [2.45, 2.75) is 18.2 Å². The van der Waals surface area contributed by atoms with Crippen LogP contribution in [0.5, 0.6) is 5.75 Å². The molecule has 0 bridgehead atoms. The van der Waals surface area contributed by atoms with Gasteiger partial charge in [0.15, 0.2) is 22.2 Å². The van der Waals surface area contributed by atoms with E-state index in [0.717, 1.165) is 15.7 Å². The highest BCUT2D eigenvalue weighted by Gasteiger charge is 2.18. The fourth-order valence-corrected chi connectivity index (χ4v) is 4.66. The van der Waals surface area contributed by atoms with E-state index < -0.39 is 6.10 Å². The highest BCUT2D eigenvalue weighted by Crippen LogP contribution is 2.27. The van der Waals surface area contributed by atoms with E-state index in [4.69, 9.17) is 4.74 Å². The molecule has 1 N–H and O–H groups in total. The Bertz CT molecular complexity index is 1240. The van der Waals surface area contributed by atoms with E-state index in [1.54, 1.807) is 16.7 Å². The molecule has 0 aliphatic rings. The summed E-state index contributed by atoms with van der Waals surface area (Å²) in [6.45, 7) is 1.83. The van der Waals surface area contributed by atoms with Crippen LogP contribution >= 0.6 is 39.0 Å². The molecule has 4 rings (SSSR count). The van der Waals surface area contributed by atoms with Gasteiger partial charge in [0, 0.05) is 22.5 Å². The number of nitrogens with zero attached hydrogens (tertiary/aromatic N) is 4. The predicted molar refractivity (Wildman–Crippen MR) is 131 cm³/mol. The van der Waals surface area contributed by atoms with Crippen molar-refractivity contribution in [2.75, 3.05) is 11.1 Å². The first kappa shape index (κ1) is 23.4. The summed E-state index contributed by atoms with van der Waals surface area (Å²) in [5.41, 5.74) is 1.79. The Morgan fingerprint density at radius 1 is 1.21 bits per heavy atom. The summed E-state index contributed by atoms with van der Waals surface area (Å²) in [4.78, 5) is 16.9. The number of ether oxygens (including phenoxy) is 1. The van der Waals surface area contributed by atoms with Gasteiger partial charge in [-0.15, -0.1) is 21.5 Å². The molecule has 7 nitrogen and oxygen atoms in total. The molecule has 0 radical (unpaired) electrons. The van der Waals surface area contributed by atoms with Crippen molar-refractivity contribution in [3.05, 3.63) is 70.0 Å². The summed E-state index contributed by atoms with van der Waals surface area (Å²) in [7, 11) is 1.81. The number of carbonyl (C=O) groups is 1. The molecule has 1 amide bonds. The Balaban J connectivity index is 1.32. The van der Waals surface area contributed by atoms with Crippen LogP contribution in [0.25, 0.3) is 11.3 Å². The average molecular weight is 548 g/mol. The molecular formula is C22H19BrFN5O2S2. The Morgan fingerprint density at radius 2 is 1.94 bits per heavy atom. The number of amides is 1. The van der Waals surface area contributed by atoms with Gasteiger partial charge in [0.05, 0.1) is 11.4 Å². The van der Waals surface area contributed by atoms with E-state index in [9.17, 15) is 9.18 Å². The van der Waals surface area contributed by atoms with Crippen molar-refractivity contribution in [1.29, 1.82) is 0 Å². The number of anilines is 1. The number of thiazole rings is 1. The first-order valence-corrected chi connectivity index (χ1v) is 12.5. The third-order valence-corrected chi connectivity index (χ3v) is 6.89. The van der Waals surface area contributed by atoms with Crippen molar-refractivity contribution in [1.82, 2.24) is 19.7 Å². The molecule has 11 heteroatoms. The first-order valence-electron chi connectivity index (χ1n) is 9.84. The van der Waals surface area contributed by atoms with Crippen molar-refractivity contribution in [3.8, 4) is 17.0 Å². The summed E-state index contributed by atoms with van der Waals surface area (Å²) in [6.07, 6.45) is -0.400. The molecular weight excluding hydrogens is 529 g/mol. The fraction of sp³-hybridized carbons (Fsp3) is 0.182. The molecule has 2 aromatic carbocycles. The minimum atomic E-state index is -0.400. The topological polar surface area (TPSA) is 81.9 Å². The second-order valence-corrected chi connectivity index (χ2v) is 9.71. The van der Waals surface area contributed by atoms with Gasteiger partial charge in [0.1, 0.15) is 11.6 Å². The maximum absolute atomic E-state index is 13.1. The van der Waals surface area contributed by atoms with Gasteiger partial charge in [-0.3, -0.25) is 4.79 Å². The molecule has 0 aliphatic carbocycles. The largest absolute Gasteiger partial charge is 0.483 e. The number of benzene rings is 2. The Labute approximate surface area is 206 Å². The van der Waals surface area contributed by atoms with Crippen LogP contribution < -0.4 is 10.1 Å². The van der Waals surface area contributed by atoms with Gasteiger partial charge in [0.2, 0.25) is 5.91 Å². The van der Waals surface area contributed by atoms with Crippen molar-refractivity contribution >= 4 is 50.1 Å². The summed E-state index contributed by atoms with van der Waals surface area (Å²) in [6, 6.07) is 13.6.